The number of hydrogen-bond acceptors (Lipinski definition) is 5. The smallest absolute Gasteiger partial charge is 0.344 e. The molecule has 1 heterocycles. The minimum Gasteiger partial charge on any atom is -0.458 e. The maximum atomic E-state index is 11.6. The van der Waals surface area contributed by atoms with Gasteiger partial charge in [0.25, 0.3) is 0 Å². The van der Waals surface area contributed by atoms with Gasteiger partial charge < -0.3 is 9.47 Å². The average Bonchev–Trinajstić information content (AvgIpc) is 2.52. The van der Waals surface area contributed by atoms with Gasteiger partial charge >= 0.3 is 11.9 Å². The molecule has 0 aliphatic rings. The summed E-state index contributed by atoms with van der Waals surface area (Å²) in [4.78, 5) is 26.8. The van der Waals surface area contributed by atoms with E-state index in [4.69, 9.17) is 9.47 Å². The van der Waals surface area contributed by atoms with Crippen LogP contribution in [0.4, 0.5) is 0 Å². The molecule has 0 N–H and O–H groups in total. The SMILES string of the molecule is O=C(COC(=O)c1cccnc1)OCc1ccccc1. The van der Waals surface area contributed by atoms with Gasteiger partial charge in [-0.3, -0.25) is 4.98 Å². The molecule has 1 aromatic carbocycles. The molecule has 5 nitrogen and oxygen atoms in total. The zero-order chi connectivity index (χ0) is 14.2. The Bertz CT molecular complexity index is 569. The number of rotatable bonds is 5. The molecule has 2 rings (SSSR count). The third-order valence-corrected chi connectivity index (χ3v) is 2.46. The molecular weight excluding hydrogens is 258 g/mol. The normalized spacial score (nSPS) is 9.80. The summed E-state index contributed by atoms with van der Waals surface area (Å²) < 4.78 is 9.81. The first-order valence-electron chi connectivity index (χ1n) is 6.02. The molecule has 0 saturated heterocycles. The fourth-order valence-corrected chi connectivity index (χ4v) is 1.47. The van der Waals surface area contributed by atoms with Gasteiger partial charge in [-0.1, -0.05) is 30.3 Å². The van der Waals surface area contributed by atoms with Crippen LogP contribution < -0.4 is 0 Å². The summed E-state index contributed by atoms with van der Waals surface area (Å²) in [5.41, 5.74) is 1.17. The highest BCUT2D eigenvalue weighted by Gasteiger charge is 2.10. The lowest BCUT2D eigenvalue weighted by Crippen LogP contribution is -2.16. The Kier molecular flexibility index (Phi) is 4.83. The Morgan fingerprint density at radius 2 is 1.80 bits per heavy atom. The molecule has 0 aliphatic heterocycles. The molecule has 0 amide bonds. The lowest BCUT2D eigenvalue weighted by Gasteiger charge is -2.06. The molecule has 0 spiro atoms. The average molecular weight is 271 g/mol. The lowest BCUT2D eigenvalue weighted by molar-refractivity contribution is -0.148. The number of aromatic nitrogens is 1. The number of nitrogens with zero attached hydrogens (tertiary/aromatic N) is 1. The molecule has 2 aromatic rings. The summed E-state index contributed by atoms with van der Waals surface area (Å²) in [5.74, 6) is -1.19. The molecule has 102 valence electrons. The zero-order valence-corrected chi connectivity index (χ0v) is 10.7. The van der Waals surface area contributed by atoms with Crippen LogP contribution in [0.5, 0.6) is 0 Å². The number of carbonyl (C=O) groups is 2. The van der Waals surface area contributed by atoms with Crippen LogP contribution >= 0.6 is 0 Å². The van der Waals surface area contributed by atoms with E-state index >= 15 is 0 Å². The van der Waals surface area contributed by atoms with Crippen molar-refractivity contribution in [3.05, 3.63) is 66.0 Å². The molecule has 0 bridgehead atoms. The third kappa shape index (κ3) is 4.20. The highest BCUT2D eigenvalue weighted by Crippen LogP contribution is 2.02. The van der Waals surface area contributed by atoms with Crippen molar-refractivity contribution in [3.63, 3.8) is 0 Å². The van der Waals surface area contributed by atoms with Crippen LogP contribution in [0.3, 0.4) is 0 Å². The van der Waals surface area contributed by atoms with Crippen molar-refractivity contribution in [1.29, 1.82) is 0 Å². The second kappa shape index (κ2) is 7.04. The van der Waals surface area contributed by atoms with E-state index in [1.54, 1.807) is 18.3 Å². The van der Waals surface area contributed by atoms with Gasteiger partial charge in [0.1, 0.15) is 6.61 Å². The monoisotopic (exact) mass is 271 g/mol. The topological polar surface area (TPSA) is 65.5 Å². The maximum absolute atomic E-state index is 11.6. The third-order valence-electron chi connectivity index (χ3n) is 2.46. The van der Waals surface area contributed by atoms with Crippen LogP contribution in [0.1, 0.15) is 15.9 Å². The van der Waals surface area contributed by atoms with E-state index in [1.807, 2.05) is 30.3 Å². The molecule has 20 heavy (non-hydrogen) atoms. The van der Waals surface area contributed by atoms with E-state index in [-0.39, 0.29) is 6.61 Å². The molecule has 5 heteroatoms. The fourth-order valence-electron chi connectivity index (χ4n) is 1.47. The van der Waals surface area contributed by atoms with Gasteiger partial charge in [-0.25, -0.2) is 9.59 Å². The van der Waals surface area contributed by atoms with Crippen molar-refractivity contribution in [3.8, 4) is 0 Å². The van der Waals surface area contributed by atoms with Crippen molar-refractivity contribution in [2.75, 3.05) is 6.61 Å². The molecule has 0 fully saturated rings. The number of hydrogen-bond donors (Lipinski definition) is 0. The molecular formula is C15H13NO4. The zero-order valence-electron chi connectivity index (χ0n) is 10.7. The molecule has 0 radical (unpaired) electrons. The van der Waals surface area contributed by atoms with Gasteiger partial charge in [-0.2, -0.15) is 0 Å². The molecule has 0 atom stereocenters. The minimum absolute atomic E-state index is 0.157. The Hall–Kier alpha value is -2.69. The summed E-state index contributed by atoms with van der Waals surface area (Å²) >= 11 is 0. The standard InChI is InChI=1S/C15H13NO4/c17-14(19-10-12-5-2-1-3-6-12)11-20-15(18)13-7-4-8-16-9-13/h1-9H,10-11H2. The predicted octanol–water partition coefficient (Wildman–Crippen LogP) is 1.98. The van der Waals surface area contributed by atoms with Gasteiger partial charge in [-0.15, -0.1) is 0 Å². The Balaban J connectivity index is 1.74. The summed E-state index contributed by atoms with van der Waals surface area (Å²) in [6.07, 6.45) is 2.92. The molecule has 0 unspecified atom stereocenters. The first-order chi connectivity index (χ1) is 9.75. The number of esters is 2. The lowest BCUT2D eigenvalue weighted by atomic mass is 10.2. The van der Waals surface area contributed by atoms with Crippen molar-refractivity contribution < 1.29 is 19.1 Å². The van der Waals surface area contributed by atoms with E-state index in [2.05, 4.69) is 4.98 Å². The summed E-state index contributed by atoms with van der Waals surface area (Å²) in [7, 11) is 0. The van der Waals surface area contributed by atoms with Gasteiger partial charge in [0.05, 0.1) is 5.56 Å². The van der Waals surface area contributed by atoms with Gasteiger partial charge in [0.15, 0.2) is 6.61 Å². The number of benzene rings is 1. The first-order valence-corrected chi connectivity index (χ1v) is 6.02. The van der Waals surface area contributed by atoms with E-state index in [0.717, 1.165) is 5.56 Å². The summed E-state index contributed by atoms with van der Waals surface area (Å²) in [5, 5.41) is 0. The number of pyridine rings is 1. The van der Waals surface area contributed by atoms with Crippen LogP contribution in [0.25, 0.3) is 0 Å². The predicted molar refractivity (Wildman–Crippen MR) is 70.8 cm³/mol. The van der Waals surface area contributed by atoms with Crippen LogP contribution in [0.15, 0.2) is 54.9 Å². The Labute approximate surface area is 116 Å². The van der Waals surface area contributed by atoms with Crippen molar-refractivity contribution in [2.45, 2.75) is 6.61 Å². The van der Waals surface area contributed by atoms with Crippen LogP contribution in [0.2, 0.25) is 0 Å². The number of carbonyl (C=O) groups excluding carboxylic acids is 2. The minimum atomic E-state index is -0.602. The van der Waals surface area contributed by atoms with Gasteiger partial charge in [0, 0.05) is 12.4 Å². The molecule has 0 saturated carbocycles. The van der Waals surface area contributed by atoms with E-state index in [0.29, 0.717) is 5.56 Å². The number of ether oxygens (including phenoxy) is 2. The maximum Gasteiger partial charge on any atom is 0.344 e. The quantitative estimate of drug-likeness (QED) is 0.778. The van der Waals surface area contributed by atoms with Crippen molar-refractivity contribution >= 4 is 11.9 Å². The van der Waals surface area contributed by atoms with Crippen LogP contribution in [-0.4, -0.2) is 23.5 Å². The van der Waals surface area contributed by atoms with Crippen molar-refractivity contribution in [2.24, 2.45) is 0 Å². The van der Waals surface area contributed by atoms with E-state index in [1.165, 1.54) is 6.20 Å². The summed E-state index contributed by atoms with van der Waals surface area (Å²) in [6.45, 7) is -0.259. The van der Waals surface area contributed by atoms with Crippen molar-refractivity contribution in [1.82, 2.24) is 4.98 Å². The Morgan fingerprint density at radius 1 is 1.00 bits per heavy atom. The Morgan fingerprint density at radius 3 is 2.50 bits per heavy atom. The molecule has 0 aliphatic carbocycles. The highest BCUT2D eigenvalue weighted by atomic mass is 16.6. The van der Waals surface area contributed by atoms with E-state index in [9.17, 15) is 9.59 Å². The second-order valence-corrected chi connectivity index (χ2v) is 3.96. The van der Waals surface area contributed by atoms with Crippen LogP contribution in [-0.2, 0) is 20.9 Å². The highest BCUT2D eigenvalue weighted by molar-refractivity contribution is 5.90. The second-order valence-electron chi connectivity index (χ2n) is 3.96. The van der Waals surface area contributed by atoms with Crippen LogP contribution in [0, 0.1) is 0 Å². The van der Waals surface area contributed by atoms with Gasteiger partial charge in [-0.05, 0) is 17.7 Å². The van der Waals surface area contributed by atoms with E-state index < -0.39 is 18.5 Å². The first kappa shape index (κ1) is 13.7. The summed E-state index contributed by atoms with van der Waals surface area (Å²) in [6, 6.07) is 12.4. The largest absolute Gasteiger partial charge is 0.458 e. The van der Waals surface area contributed by atoms with Gasteiger partial charge in [0.2, 0.25) is 0 Å². The fraction of sp³-hybridized carbons (Fsp3) is 0.133. The molecule has 1 aromatic heterocycles.